The Bertz CT molecular complexity index is 847. The molecule has 1 aliphatic heterocycles. The molecule has 162 valence electrons. The zero-order valence-corrected chi connectivity index (χ0v) is 18.0. The number of nitrogens with two attached hydrogens (primary N) is 1. The predicted molar refractivity (Wildman–Crippen MR) is 110 cm³/mol. The van der Waals surface area contributed by atoms with Gasteiger partial charge >= 0.3 is 0 Å². The van der Waals surface area contributed by atoms with Crippen LogP contribution in [0, 0.1) is 17.7 Å². The number of guanidine groups is 1. The molecule has 1 aliphatic rings. The maximum Gasteiger partial charge on any atom is 0.251 e. The summed E-state index contributed by atoms with van der Waals surface area (Å²) in [7, 11) is -3.58. The monoisotopic (exact) mass is 427 g/mol. The van der Waals surface area contributed by atoms with E-state index in [1.165, 1.54) is 12.1 Å². The first-order valence-corrected chi connectivity index (χ1v) is 11.7. The summed E-state index contributed by atoms with van der Waals surface area (Å²) < 4.78 is 42.3. The lowest BCUT2D eigenvalue weighted by molar-refractivity contribution is -0.120. The van der Waals surface area contributed by atoms with Crippen LogP contribution in [0.15, 0.2) is 28.1 Å². The molecule has 0 unspecified atom stereocenters. The highest BCUT2D eigenvalue weighted by Gasteiger charge is 2.21. The molecule has 1 amide bonds. The Balaban J connectivity index is 1.72. The number of piperidine rings is 1. The van der Waals surface area contributed by atoms with Crippen LogP contribution in [0.25, 0.3) is 0 Å². The van der Waals surface area contributed by atoms with E-state index in [4.69, 9.17) is 10.5 Å². The van der Waals surface area contributed by atoms with E-state index in [0.717, 1.165) is 51.1 Å². The number of likely N-dealkylation sites (tertiary alicyclic amines) is 1. The smallest absolute Gasteiger partial charge is 0.251 e. The lowest BCUT2D eigenvalue weighted by Gasteiger charge is -2.32. The molecule has 0 saturated carbocycles. The van der Waals surface area contributed by atoms with Crippen LogP contribution >= 0.6 is 0 Å². The molecule has 0 atom stereocenters. The Labute approximate surface area is 172 Å². The number of nitrogens with zero attached hydrogens (tertiary/aromatic N) is 2. The van der Waals surface area contributed by atoms with E-state index in [0.29, 0.717) is 24.2 Å². The van der Waals surface area contributed by atoms with Gasteiger partial charge in [0.2, 0.25) is 0 Å². The van der Waals surface area contributed by atoms with Gasteiger partial charge in [-0.25, -0.2) is 12.8 Å². The zero-order chi connectivity index (χ0) is 21.6. The fourth-order valence-electron chi connectivity index (χ4n) is 3.20. The topological polar surface area (TPSA) is 102 Å². The molecule has 1 aromatic rings. The van der Waals surface area contributed by atoms with Gasteiger partial charge < -0.3 is 15.4 Å². The zero-order valence-electron chi connectivity index (χ0n) is 17.2. The minimum Gasteiger partial charge on any atom is -0.493 e. The maximum absolute atomic E-state index is 13.9. The fraction of sp³-hybridized carbons (Fsp3) is 0.600. The summed E-state index contributed by atoms with van der Waals surface area (Å²) in [4.78, 5) is 17.3. The molecule has 0 aliphatic carbocycles. The summed E-state index contributed by atoms with van der Waals surface area (Å²) in [5, 5.41) is 0. The van der Waals surface area contributed by atoms with Gasteiger partial charge in [0, 0.05) is 31.3 Å². The number of ether oxygens (including phenoxy) is 1. The molecule has 1 heterocycles. The number of carbonyl (C=O) groups is 1. The fourth-order valence-corrected chi connectivity index (χ4v) is 3.93. The third kappa shape index (κ3) is 6.99. The molecule has 9 heteroatoms. The molecule has 2 N–H and O–H groups in total. The minimum absolute atomic E-state index is 0.165. The van der Waals surface area contributed by atoms with E-state index < -0.39 is 15.7 Å². The molecule has 0 bridgehead atoms. The number of carbonyl (C=O) groups excluding carboxylic acids is 1. The van der Waals surface area contributed by atoms with Gasteiger partial charge in [-0.15, -0.1) is 0 Å². The second kappa shape index (κ2) is 10.0. The van der Waals surface area contributed by atoms with Crippen molar-refractivity contribution < 1.29 is 22.3 Å². The third-order valence-corrected chi connectivity index (χ3v) is 6.12. The van der Waals surface area contributed by atoms with Gasteiger partial charge in [0.25, 0.3) is 5.91 Å². The Kier molecular flexibility index (Phi) is 8.01. The summed E-state index contributed by atoms with van der Waals surface area (Å²) in [5.74, 6) is -0.0149. The number of rotatable bonds is 7. The SMILES string of the molecule is CC(C)C(=O)N=C(N)N1CCC(CCCOc2ccc(S(C)(=O)=O)c(F)c2)CC1. The van der Waals surface area contributed by atoms with Crippen LogP contribution in [0.4, 0.5) is 4.39 Å². The van der Waals surface area contributed by atoms with Crippen LogP contribution in [-0.2, 0) is 14.6 Å². The molecule has 1 aromatic carbocycles. The summed E-state index contributed by atoms with van der Waals surface area (Å²) in [6.07, 6.45) is 4.68. The first-order chi connectivity index (χ1) is 13.6. The number of halogens is 1. The van der Waals surface area contributed by atoms with E-state index in [1.54, 1.807) is 13.8 Å². The number of sulfone groups is 1. The van der Waals surface area contributed by atoms with E-state index >= 15 is 0 Å². The third-order valence-electron chi connectivity index (χ3n) is 4.99. The largest absolute Gasteiger partial charge is 0.493 e. The molecule has 0 aromatic heterocycles. The first kappa shape index (κ1) is 23.1. The summed E-state index contributed by atoms with van der Waals surface area (Å²) in [5.41, 5.74) is 5.94. The van der Waals surface area contributed by atoms with Crippen LogP contribution in [-0.4, -0.2) is 51.1 Å². The Hall–Kier alpha value is -2.16. The predicted octanol–water partition coefficient (Wildman–Crippen LogP) is 2.60. The average molecular weight is 428 g/mol. The van der Waals surface area contributed by atoms with Crippen molar-refractivity contribution in [2.75, 3.05) is 26.0 Å². The summed E-state index contributed by atoms with van der Waals surface area (Å²) >= 11 is 0. The number of amides is 1. The van der Waals surface area contributed by atoms with Crippen molar-refractivity contribution in [3.05, 3.63) is 24.0 Å². The quantitative estimate of drug-likeness (QED) is 0.408. The standard InChI is InChI=1S/C20H30FN3O4S/c1-14(2)19(25)23-20(22)24-10-8-15(9-11-24)5-4-12-28-16-6-7-18(17(21)13-16)29(3,26)27/h6-7,13-15H,4-5,8-12H2,1-3H3,(H2,22,23,25). The molecule has 1 fully saturated rings. The van der Waals surface area contributed by atoms with Crippen molar-refractivity contribution in [3.63, 3.8) is 0 Å². The van der Waals surface area contributed by atoms with Crippen molar-refractivity contribution in [2.24, 2.45) is 22.6 Å². The maximum atomic E-state index is 13.9. The van der Waals surface area contributed by atoms with Crippen LogP contribution in [0.3, 0.4) is 0 Å². The first-order valence-electron chi connectivity index (χ1n) is 9.83. The van der Waals surface area contributed by atoms with E-state index in [1.807, 2.05) is 4.90 Å². The molecule has 7 nitrogen and oxygen atoms in total. The van der Waals surface area contributed by atoms with Crippen molar-refractivity contribution in [3.8, 4) is 5.75 Å². The van der Waals surface area contributed by atoms with Crippen molar-refractivity contribution in [1.29, 1.82) is 0 Å². The van der Waals surface area contributed by atoms with Gasteiger partial charge in [-0.2, -0.15) is 4.99 Å². The lowest BCUT2D eigenvalue weighted by Crippen LogP contribution is -2.43. The van der Waals surface area contributed by atoms with Crippen LogP contribution < -0.4 is 10.5 Å². The van der Waals surface area contributed by atoms with Crippen molar-refractivity contribution >= 4 is 21.7 Å². The second-order valence-electron chi connectivity index (χ2n) is 7.75. The average Bonchev–Trinajstić information content (AvgIpc) is 2.64. The summed E-state index contributed by atoms with van der Waals surface area (Å²) in [6.45, 7) is 5.56. The number of benzene rings is 1. The molecule has 1 saturated heterocycles. The van der Waals surface area contributed by atoms with Gasteiger partial charge in [0.05, 0.1) is 6.61 Å². The van der Waals surface area contributed by atoms with Crippen LogP contribution in [0.1, 0.15) is 39.5 Å². The number of hydrogen-bond acceptors (Lipinski definition) is 4. The van der Waals surface area contributed by atoms with Gasteiger partial charge in [-0.05, 0) is 43.7 Å². The highest BCUT2D eigenvalue weighted by atomic mass is 32.2. The summed E-state index contributed by atoms with van der Waals surface area (Å²) in [6, 6.07) is 3.81. The Morgan fingerprint density at radius 3 is 2.55 bits per heavy atom. The molecule has 0 spiro atoms. The number of aliphatic imine (C=N–C) groups is 1. The molecular weight excluding hydrogens is 397 g/mol. The highest BCUT2D eigenvalue weighted by molar-refractivity contribution is 7.90. The van der Waals surface area contributed by atoms with E-state index in [9.17, 15) is 17.6 Å². The van der Waals surface area contributed by atoms with E-state index in [-0.39, 0.29) is 16.7 Å². The molecule has 29 heavy (non-hydrogen) atoms. The van der Waals surface area contributed by atoms with Gasteiger partial charge in [0.15, 0.2) is 15.8 Å². The van der Waals surface area contributed by atoms with Crippen LogP contribution in [0.2, 0.25) is 0 Å². The van der Waals surface area contributed by atoms with Crippen molar-refractivity contribution in [2.45, 2.75) is 44.4 Å². The lowest BCUT2D eigenvalue weighted by atomic mass is 9.92. The minimum atomic E-state index is -3.58. The van der Waals surface area contributed by atoms with Crippen LogP contribution in [0.5, 0.6) is 5.75 Å². The van der Waals surface area contributed by atoms with E-state index in [2.05, 4.69) is 4.99 Å². The molecular formula is C20H30FN3O4S. The number of hydrogen-bond donors (Lipinski definition) is 1. The Morgan fingerprint density at radius 2 is 2.00 bits per heavy atom. The highest BCUT2D eigenvalue weighted by Crippen LogP contribution is 2.23. The van der Waals surface area contributed by atoms with Crippen molar-refractivity contribution in [1.82, 2.24) is 4.90 Å². The molecule has 0 radical (unpaired) electrons. The van der Waals surface area contributed by atoms with Gasteiger partial charge in [-0.1, -0.05) is 13.8 Å². The van der Waals surface area contributed by atoms with Gasteiger partial charge in [0.1, 0.15) is 16.5 Å². The second-order valence-corrected chi connectivity index (χ2v) is 9.73. The normalized spacial score (nSPS) is 16.3. The van der Waals surface area contributed by atoms with Gasteiger partial charge in [-0.3, -0.25) is 4.79 Å². The molecule has 2 rings (SSSR count). The Morgan fingerprint density at radius 1 is 1.34 bits per heavy atom.